The molecule has 0 fully saturated rings. The summed E-state index contributed by atoms with van der Waals surface area (Å²) in [6, 6.07) is 30.3. The summed E-state index contributed by atoms with van der Waals surface area (Å²) in [4.78, 5) is 4.01. The number of benzene rings is 3. The molecule has 29 heavy (non-hydrogen) atoms. The predicted molar refractivity (Wildman–Crippen MR) is 125 cm³/mol. The Morgan fingerprint density at radius 2 is 1.03 bits per heavy atom. The summed E-state index contributed by atoms with van der Waals surface area (Å²) < 4.78 is 5.98. The van der Waals surface area contributed by atoms with Crippen LogP contribution in [0.25, 0.3) is 0 Å². The fourth-order valence-electron chi connectivity index (χ4n) is 3.44. The standard InChI is InChI=1S/C27H33OS/c1-2-3-4-5-6-7-14-23-28-24-19-21-27(22-20-24)29(25-15-10-8-11-16-25)26-17-12-9-13-18-26/h8-13,15-22H,2-7,14,23H2,1H3/q+1. The fourth-order valence-corrected chi connectivity index (χ4v) is 5.53. The van der Waals surface area contributed by atoms with Crippen molar-refractivity contribution in [1.29, 1.82) is 0 Å². The molecule has 3 aromatic carbocycles. The molecule has 2 heteroatoms. The second-order valence-corrected chi connectivity index (χ2v) is 9.40. The Morgan fingerprint density at radius 3 is 1.59 bits per heavy atom. The molecular weight excluding hydrogens is 372 g/mol. The van der Waals surface area contributed by atoms with Gasteiger partial charge in [0.1, 0.15) is 5.75 Å². The quantitative estimate of drug-likeness (QED) is 0.220. The van der Waals surface area contributed by atoms with Crippen LogP contribution >= 0.6 is 0 Å². The van der Waals surface area contributed by atoms with Gasteiger partial charge in [-0.25, -0.2) is 0 Å². The van der Waals surface area contributed by atoms with Crippen LogP contribution in [-0.4, -0.2) is 6.61 Å². The normalized spacial score (nSPS) is 11.0. The molecule has 0 aliphatic carbocycles. The van der Waals surface area contributed by atoms with Crippen LogP contribution < -0.4 is 4.74 Å². The third kappa shape index (κ3) is 6.97. The van der Waals surface area contributed by atoms with Crippen molar-refractivity contribution in [2.75, 3.05) is 6.61 Å². The van der Waals surface area contributed by atoms with E-state index in [1.165, 1.54) is 53.2 Å². The van der Waals surface area contributed by atoms with Gasteiger partial charge in [0.15, 0.2) is 14.7 Å². The van der Waals surface area contributed by atoms with E-state index < -0.39 is 0 Å². The molecule has 152 valence electrons. The molecule has 0 aliphatic heterocycles. The fraction of sp³-hybridized carbons (Fsp3) is 0.333. The summed E-state index contributed by atoms with van der Waals surface area (Å²) in [7, 11) is -0.0915. The number of rotatable bonds is 12. The molecule has 0 amide bonds. The average molecular weight is 406 g/mol. The van der Waals surface area contributed by atoms with Crippen molar-refractivity contribution in [3.05, 3.63) is 84.9 Å². The van der Waals surface area contributed by atoms with Gasteiger partial charge in [-0.2, -0.15) is 0 Å². The van der Waals surface area contributed by atoms with Gasteiger partial charge >= 0.3 is 0 Å². The highest BCUT2D eigenvalue weighted by molar-refractivity contribution is 7.97. The summed E-state index contributed by atoms with van der Waals surface area (Å²) in [5.41, 5.74) is 0. The van der Waals surface area contributed by atoms with Crippen molar-refractivity contribution in [1.82, 2.24) is 0 Å². The van der Waals surface area contributed by atoms with Crippen LogP contribution in [-0.2, 0) is 10.9 Å². The lowest BCUT2D eigenvalue weighted by Crippen LogP contribution is -2.04. The molecule has 0 spiro atoms. The second-order valence-electron chi connectivity index (χ2n) is 7.37. The van der Waals surface area contributed by atoms with Crippen LogP contribution in [0, 0.1) is 0 Å². The van der Waals surface area contributed by atoms with E-state index in [9.17, 15) is 0 Å². The molecule has 0 bridgehead atoms. The summed E-state index contributed by atoms with van der Waals surface area (Å²) >= 11 is 0. The zero-order valence-corrected chi connectivity index (χ0v) is 18.4. The van der Waals surface area contributed by atoms with Crippen molar-refractivity contribution in [3.63, 3.8) is 0 Å². The van der Waals surface area contributed by atoms with Crippen molar-refractivity contribution >= 4 is 10.9 Å². The lowest BCUT2D eigenvalue weighted by Gasteiger charge is -2.09. The van der Waals surface area contributed by atoms with Gasteiger partial charge in [-0.05, 0) is 55.0 Å². The van der Waals surface area contributed by atoms with Gasteiger partial charge < -0.3 is 4.74 Å². The number of unbranched alkanes of at least 4 members (excludes halogenated alkanes) is 6. The van der Waals surface area contributed by atoms with E-state index in [1.54, 1.807) is 0 Å². The maximum Gasteiger partial charge on any atom is 0.166 e. The van der Waals surface area contributed by atoms with Gasteiger partial charge in [0.2, 0.25) is 0 Å². The van der Waals surface area contributed by atoms with E-state index in [-0.39, 0.29) is 10.9 Å². The number of ether oxygens (including phenoxy) is 1. The molecule has 3 rings (SSSR count). The lowest BCUT2D eigenvalue weighted by atomic mass is 10.1. The SMILES string of the molecule is CCCCCCCCCOc1ccc([S+](c2ccccc2)c2ccccc2)cc1. The number of hydrogen-bond donors (Lipinski definition) is 0. The van der Waals surface area contributed by atoms with E-state index in [0.717, 1.165) is 18.8 Å². The van der Waals surface area contributed by atoms with Crippen LogP contribution in [0.4, 0.5) is 0 Å². The lowest BCUT2D eigenvalue weighted by molar-refractivity contribution is 0.304. The first-order valence-electron chi connectivity index (χ1n) is 11.0. The minimum absolute atomic E-state index is 0.0915. The Kier molecular flexibility index (Phi) is 9.19. The maximum atomic E-state index is 5.98. The third-order valence-electron chi connectivity index (χ3n) is 5.03. The topological polar surface area (TPSA) is 9.23 Å². The smallest absolute Gasteiger partial charge is 0.166 e. The van der Waals surface area contributed by atoms with E-state index in [1.807, 2.05) is 0 Å². The molecule has 0 unspecified atom stereocenters. The van der Waals surface area contributed by atoms with Crippen molar-refractivity contribution in [2.24, 2.45) is 0 Å². The monoisotopic (exact) mass is 405 g/mol. The molecule has 0 N–H and O–H groups in total. The van der Waals surface area contributed by atoms with E-state index in [2.05, 4.69) is 91.9 Å². The van der Waals surface area contributed by atoms with Crippen LogP contribution in [0.1, 0.15) is 51.9 Å². The molecular formula is C27H33OS+. The van der Waals surface area contributed by atoms with Crippen LogP contribution in [0.5, 0.6) is 5.75 Å². The molecule has 1 nitrogen and oxygen atoms in total. The predicted octanol–water partition coefficient (Wildman–Crippen LogP) is 7.91. The molecule has 3 aromatic rings. The zero-order chi connectivity index (χ0) is 20.2. The second kappa shape index (κ2) is 12.4. The van der Waals surface area contributed by atoms with Gasteiger partial charge in [-0.15, -0.1) is 0 Å². The van der Waals surface area contributed by atoms with Gasteiger partial charge in [0.05, 0.1) is 17.5 Å². The van der Waals surface area contributed by atoms with Gasteiger partial charge in [0, 0.05) is 0 Å². The first kappa shape index (κ1) is 21.5. The summed E-state index contributed by atoms with van der Waals surface area (Å²) in [5, 5.41) is 0. The van der Waals surface area contributed by atoms with E-state index in [4.69, 9.17) is 4.74 Å². The summed E-state index contributed by atoms with van der Waals surface area (Å²) in [6.45, 7) is 3.08. The average Bonchev–Trinajstić information content (AvgIpc) is 2.78. The molecule has 0 heterocycles. The Morgan fingerprint density at radius 1 is 0.552 bits per heavy atom. The van der Waals surface area contributed by atoms with Gasteiger partial charge in [0.25, 0.3) is 0 Å². The number of hydrogen-bond acceptors (Lipinski definition) is 1. The van der Waals surface area contributed by atoms with Crippen LogP contribution in [0.15, 0.2) is 99.6 Å². The maximum absolute atomic E-state index is 5.98. The minimum Gasteiger partial charge on any atom is -0.494 e. The van der Waals surface area contributed by atoms with Gasteiger partial charge in [-0.3, -0.25) is 0 Å². The third-order valence-corrected chi connectivity index (χ3v) is 7.26. The Labute approximate surface area is 179 Å². The Balaban J connectivity index is 1.57. The minimum atomic E-state index is -0.0915. The first-order valence-corrected chi connectivity index (χ1v) is 12.2. The highest BCUT2D eigenvalue weighted by atomic mass is 32.2. The Bertz CT molecular complexity index is 759. The molecule has 0 aromatic heterocycles. The van der Waals surface area contributed by atoms with Gasteiger partial charge in [-0.1, -0.05) is 81.8 Å². The largest absolute Gasteiger partial charge is 0.494 e. The van der Waals surface area contributed by atoms with E-state index in [0.29, 0.717) is 0 Å². The summed E-state index contributed by atoms with van der Waals surface area (Å²) in [6.07, 6.45) is 9.18. The molecule has 0 saturated carbocycles. The highest BCUT2D eigenvalue weighted by Crippen LogP contribution is 2.31. The molecule has 0 atom stereocenters. The highest BCUT2D eigenvalue weighted by Gasteiger charge is 2.28. The van der Waals surface area contributed by atoms with Crippen LogP contribution in [0.2, 0.25) is 0 Å². The first-order chi connectivity index (χ1) is 14.4. The molecule has 0 radical (unpaired) electrons. The van der Waals surface area contributed by atoms with Crippen LogP contribution in [0.3, 0.4) is 0 Å². The summed E-state index contributed by atoms with van der Waals surface area (Å²) in [5.74, 6) is 0.976. The van der Waals surface area contributed by atoms with Crippen molar-refractivity contribution in [3.8, 4) is 5.75 Å². The van der Waals surface area contributed by atoms with Crippen molar-refractivity contribution in [2.45, 2.75) is 66.6 Å². The zero-order valence-electron chi connectivity index (χ0n) is 17.6. The Hall–Kier alpha value is -2.19. The van der Waals surface area contributed by atoms with Crippen molar-refractivity contribution < 1.29 is 4.74 Å². The molecule has 0 aliphatic rings. The molecule has 0 saturated heterocycles. The van der Waals surface area contributed by atoms with E-state index >= 15 is 0 Å².